The van der Waals surface area contributed by atoms with Crippen LogP contribution in [0, 0.1) is 24.2 Å². The van der Waals surface area contributed by atoms with Crippen molar-refractivity contribution in [2.24, 2.45) is 5.92 Å². The molecule has 5 heteroatoms. The Bertz CT molecular complexity index is 613. The molecular weight excluding hydrogens is 254 g/mol. The smallest absolute Gasteiger partial charge is 0.269 e. The van der Waals surface area contributed by atoms with Crippen molar-refractivity contribution in [3.8, 4) is 6.07 Å². The largest absolute Gasteiger partial charge is 0.341 e. The van der Waals surface area contributed by atoms with Gasteiger partial charge >= 0.3 is 0 Å². The normalized spacial score (nSPS) is 18.6. The van der Waals surface area contributed by atoms with Crippen molar-refractivity contribution in [3.63, 3.8) is 0 Å². The van der Waals surface area contributed by atoms with Crippen molar-refractivity contribution in [3.05, 3.63) is 33.7 Å². The first-order valence-electron chi connectivity index (χ1n) is 6.91. The summed E-state index contributed by atoms with van der Waals surface area (Å²) in [6, 6.07) is 3.61. The Balaban J connectivity index is 2.16. The maximum Gasteiger partial charge on any atom is 0.269 e. The lowest BCUT2D eigenvalue weighted by molar-refractivity contribution is -0.133. The van der Waals surface area contributed by atoms with Gasteiger partial charge in [0.05, 0.1) is 0 Å². The molecule has 1 fully saturated rings. The summed E-state index contributed by atoms with van der Waals surface area (Å²) in [4.78, 5) is 26.1. The van der Waals surface area contributed by atoms with Gasteiger partial charge in [-0.15, -0.1) is 0 Å². The van der Waals surface area contributed by atoms with Gasteiger partial charge in [-0.3, -0.25) is 9.59 Å². The Morgan fingerprint density at radius 1 is 1.55 bits per heavy atom. The molecule has 2 heterocycles. The zero-order chi connectivity index (χ0) is 14.7. The van der Waals surface area contributed by atoms with Crippen molar-refractivity contribution >= 4 is 5.91 Å². The van der Waals surface area contributed by atoms with Gasteiger partial charge in [0.1, 0.15) is 18.2 Å². The topological polar surface area (TPSA) is 66.1 Å². The van der Waals surface area contributed by atoms with Crippen LogP contribution < -0.4 is 5.56 Å². The highest BCUT2D eigenvalue weighted by atomic mass is 16.2. The Labute approximate surface area is 118 Å². The fraction of sp³-hybridized carbons (Fsp3) is 0.533. The Morgan fingerprint density at radius 3 is 2.95 bits per heavy atom. The number of aryl methyl sites for hydroxylation is 1. The van der Waals surface area contributed by atoms with Crippen LogP contribution in [0.15, 0.2) is 17.1 Å². The predicted molar refractivity (Wildman–Crippen MR) is 75.1 cm³/mol. The van der Waals surface area contributed by atoms with E-state index >= 15 is 0 Å². The number of piperidine rings is 1. The molecule has 1 amide bonds. The number of rotatable bonds is 2. The molecule has 0 spiro atoms. The number of carbonyl (C=O) groups excluding carboxylic acids is 1. The molecule has 0 aliphatic carbocycles. The summed E-state index contributed by atoms with van der Waals surface area (Å²) in [6.07, 6.45) is 3.75. The molecular formula is C15H19N3O2. The number of aromatic nitrogens is 1. The first-order valence-corrected chi connectivity index (χ1v) is 6.91. The minimum atomic E-state index is -0.383. The van der Waals surface area contributed by atoms with Crippen molar-refractivity contribution in [2.75, 3.05) is 13.1 Å². The standard InChI is InChI=1S/C15H19N3O2/c1-11-4-3-6-17(9-11)14(19)10-18-7-5-12(2)13(8-16)15(18)20/h5,7,11H,3-4,6,9-10H2,1-2H3/t11-/m0/s1. The maximum atomic E-state index is 12.2. The van der Waals surface area contributed by atoms with Crippen molar-refractivity contribution in [1.82, 2.24) is 9.47 Å². The maximum absolute atomic E-state index is 12.2. The third-order valence-electron chi connectivity index (χ3n) is 3.80. The Morgan fingerprint density at radius 2 is 2.30 bits per heavy atom. The van der Waals surface area contributed by atoms with E-state index in [0.717, 1.165) is 25.9 Å². The molecule has 106 valence electrons. The van der Waals surface area contributed by atoms with E-state index in [1.165, 1.54) is 4.57 Å². The molecule has 1 aliphatic heterocycles. The molecule has 1 atom stereocenters. The first kappa shape index (κ1) is 14.3. The number of nitrogens with zero attached hydrogens (tertiary/aromatic N) is 3. The van der Waals surface area contributed by atoms with Crippen LogP contribution in [0.25, 0.3) is 0 Å². The number of nitriles is 1. The van der Waals surface area contributed by atoms with Gasteiger partial charge in [0.25, 0.3) is 5.56 Å². The van der Waals surface area contributed by atoms with E-state index in [0.29, 0.717) is 11.5 Å². The molecule has 0 N–H and O–H groups in total. The number of pyridine rings is 1. The third kappa shape index (κ3) is 2.90. The number of hydrogen-bond donors (Lipinski definition) is 0. The Hall–Kier alpha value is -2.09. The van der Waals surface area contributed by atoms with Crippen LogP contribution in [-0.2, 0) is 11.3 Å². The first-order chi connectivity index (χ1) is 9.52. The second-order valence-electron chi connectivity index (χ2n) is 5.51. The van der Waals surface area contributed by atoms with Crippen LogP contribution in [0.4, 0.5) is 0 Å². The van der Waals surface area contributed by atoms with Crippen LogP contribution in [0.3, 0.4) is 0 Å². The molecule has 1 aromatic rings. The van der Waals surface area contributed by atoms with Crippen LogP contribution in [0.2, 0.25) is 0 Å². The van der Waals surface area contributed by atoms with Gasteiger partial charge in [-0.05, 0) is 37.3 Å². The zero-order valence-electron chi connectivity index (χ0n) is 11.9. The molecule has 0 saturated carbocycles. The van der Waals surface area contributed by atoms with E-state index < -0.39 is 0 Å². The van der Waals surface area contributed by atoms with E-state index in [4.69, 9.17) is 5.26 Å². The van der Waals surface area contributed by atoms with E-state index in [2.05, 4.69) is 6.92 Å². The second kappa shape index (κ2) is 5.91. The zero-order valence-corrected chi connectivity index (χ0v) is 11.9. The lowest BCUT2D eigenvalue weighted by Gasteiger charge is -2.31. The van der Waals surface area contributed by atoms with Crippen LogP contribution in [-0.4, -0.2) is 28.5 Å². The van der Waals surface area contributed by atoms with Crippen LogP contribution >= 0.6 is 0 Å². The quantitative estimate of drug-likeness (QED) is 0.815. The van der Waals surface area contributed by atoms with Gasteiger partial charge in [-0.2, -0.15) is 5.26 Å². The Kier molecular flexibility index (Phi) is 4.23. The molecule has 0 aromatic carbocycles. The van der Waals surface area contributed by atoms with Gasteiger partial charge in [0.15, 0.2) is 0 Å². The summed E-state index contributed by atoms with van der Waals surface area (Å²) >= 11 is 0. The summed E-state index contributed by atoms with van der Waals surface area (Å²) < 4.78 is 1.33. The van der Waals surface area contributed by atoms with Gasteiger partial charge in [-0.1, -0.05) is 6.92 Å². The summed E-state index contributed by atoms with van der Waals surface area (Å²) in [7, 11) is 0. The van der Waals surface area contributed by atoms with E-state index in [1.807, 2.05) is 11.0 Å². The number of likely N-dealkylation sites (tertiary alicyclic amines) is 1. The fourth-order valence-corrected chi connectivity index (χ4v) is 2.59. The van der Waals surface area contributed by atoms with Crippen LogP contribution in [0.1, 0.15) is 30.9 Å². The molecule has 5 nitrogen and oxygen atoms in total. The van der Waals surface area contributed by atoms with Crippen molar-refractivity contribution < 1.29 is 4.79 Å². The predicted octanol–water partition coefficient (Wildman–Crippen LogP) is 1.29. The van der Waals surface area contributed by atoms with E-state index in [1.54, 1.807) is 19.2 Å². The molecule has 1 aliphatic rings. The summed E-state index contributed by atoms with van der Waals surface area (Å²) in [6.45, 7) is 5.38. The average molecular weight is 273 g/mol. The average Bonchev–Trinajstić information content (AvgIpc) is 2.42. The molecule has 2 rings (SSSR count). The summed E-state index contributed by atoms with van der Waals surface area (Å²) in [5, 5.41) is 8.98. The van der Waals surface area contributed by atoms with Gasteiger partial charge in [0.2, 0.25) is 5.91 Å². The molecule has 1 aromatic heterocycles. The van der Waals surface area contributed by atoms with Crippen molar-refractivity contribution in [2.45, 2.75) is 33.2 Å². The summed E-state index contributed by atoms with van der Waals surface area (Å²) in [5.74, 6) is 0.462. The lowest BCUT2D eigenvalue weighted by atomic mass is 10.0. The van der Waals surface area contributed by atoms with E-state index in [-0.39, 0.29) is 23.6 Å². The highest BCUT2D eigenvalue weighted by Crippen LogP contribution is 2.15. The minimum Gasteiger partial charge on any atom is -0.341 e. The highest BCUT2D eigenvalue weighted by Gasteiger charge is 2.21. The van der Waals surface area contributed by atoms with E-state index in [9.17, 15) is 9.59 Å². The number of amides is 1. The fourth-order valence-electron chi connectivity index (χ4n) is 2.59. The molecule has 0 radical (unpaired) electrons. The van der Waals surface area contributed by atoms with Gasteiger partial charge < -0.3 is 9.47 Å². The molecule has 0 bridgehead atoms. The SMILES string of the molecule is Cc1ccn(CC(=O)N2CCC[C@H](C)C2)c(=O)c1C#N. The third-order valence-corrected chi connectivity index (χ3v) is 3.80. The van der Waals surface area contributed by atoms with Crippen LogP contribution in [0.5, 0.6) is 0 Å². The highest BCUT2D eigenvalue weighted by molar-refractivity contribution is 5.76. The summed E-state index contributed by atoms with van der Waals surface area (Å²) in [5.41, 5.74) is 0.381. The minimum absolute atomic E-state index is 0.0144. The number of hydrogen-bond acceptors (Lipinski definition) is 3. The monoisotopic (exact) mass is 273 g/mol. The molecule has 20 heavy (non-hydrogen) atoms. The van der Waals surface area contributed by atoms with Crippen molar-refractivity contribution in [1.29, 1.82) is 5.26 Å². The lowest BCUT2D eigenvalue weighted by Crippen LogP contribution is -2.42. The number of carbonyl (C=O) groups is 1. The molecule has 0 unspecified atom stereocenters. The van der Waals surface area contributed by atoms with Gasteiger partial charge in [0, 0.05) is 19.3 Å². The van der Waals surface area contributed by atoms with Gasteiger partial charge in [-0.25, -0.2) is 0 Å². The molecule has 1 saturated heterocycles. The second-order valence-corrected chi connectivity index (χ2v) is 5.51.